The number of nitrogens with one attached hydrogen (secondary N) is 1. The van der Waals surface area contributed by atoms with Gasteiger partial charge in [0.25, 0.3) is 5.91 Å². The van der Waals surface area contributed by atoms with Crippen molar-refractivity contribution in [2.45, 2.75) is 12.6 Å². The van der Waals surface area contributed by atoms with Crippen LogP contribution in [0.2, 0.25) is 0 Å². The number of rotatable bonds is 4. The van der Waals surface area contributed by atoms with Crippen molar-refractivity contribution in [1.29, 1.82) is 0 Å². The number of benzene rings is 1. The Morgan fingerprint density at radius 1 is 1.36 bits per heavy atom. The number of halogens is 4. The van der Waals surface area contributed by atoms with Crippen LogP contribution in [0.1, 0.15) is 20.8 Å². The third-order valence-corrected chi connectivity index (χ3v) is 3.64. The van der Waals surface area contributed by atoms with Gasteiger partial charge in [-0.15, -0.1) is 11.3 Å². The quantitative estimate of drug-likeness (QED) is 0.845. The molecule has 0 aliphatic rings. The van der Waals surface area contributed by atoms with Gasteiger partial charge in [-0.05, 0) is 18.2 Å². The number of aliphatic hydroxyl groups is 1. The third kappa shape index (κ3) is 3.80. The molecule has 0 spiro atoms. The van der Waals surface area contributed by atoms with Crippen LogP contribution in [-0.4, -0.2) is 22.6 Å². The van der Waals surface area contributed by atoms with Gasteiger partial charge in [-0.25, -0.2) is 9.37 Å². The van der Waals surface area contributed by atoms with Crippen molar-refractivity contribution >= 4 is 22.4 Å². The minimum absolute atomic E-state index is 0.0697. The van der Waals surface area contributed by atoms with E-state index in [0.717, 1.165) is 22.3 Å². The molecular formula is C13H10F4N2O2S. The monoisotopic (exact) mass is 334 g/mol. The summed E-state index contributed by atoms with van der Waals surface area (Å²) in [5.41, 5.74) is -1.67. The normalized spacial score (nSPS) is 11.5. The molecule has 4 nitrogen and oxygen atoms in total. The van der Waals surface area contributed by atoms with Gasteiger partial charge in [0.1, 0.15) is 5.82 Å². The number of thiazole rings is 1. The summed E-state index contributed by atoms with van der Waals surface area (Å²) in [7, 11) is 0. The molecule has 2 N–H and O–H groups in total. The zero-order valence-electron chi connectivity index (χ0n) is 10.9. The summed E-state index contributed by atoms with van der Waals surface area (Å²) < 4.78 is 50.7. The molecule has 118 valence electrons. The number of carbonyl (C=O) groups is 1. The average molecular weight is 334 g/mol. The molecule has 1 amide bonds. The summed E-state index contributed by atoms with van der Waals surface area (Å²) in [6.07, 6.45) is -2.97. The highest BCUT2D eigenvalue weighted by Crippen LogP contribution is 2.31. The SMILES string of the molecule is O=C(Nc1ncc(CCO)s1)c1ccc(C(F)(F)F)c(F)c1. The topological polar surface area (TPSA) is 62.2 Å². The number of anilines is 1. The molecule has 0 aliphatic carbocycles. The van der Waals surface area contributed by atoms with Crippen LogP contribution in [0.5, 0.6) is 0 Å². The lowest BCUT2D eigenvalue weighted by molar-refractivity contribution is -0.140. The molecule has 2 aromatic rings. The van der Waals surface area contributed by atoms with E-state index in [4.69, 9.17) is 5.11 Å². The van der Waals surface area contributed by atoms with Gasteiger partial charge in [-0.3, -0.25) is 10.1 Å². The molecule has 0 aliphatic heterocycles. The molecule has 9 heteroatoms. The summed E-state index contributed by atoms with van der Waals surface area (Å²) in [6.45, 7) is -0.0697. The van der Waals surface area contributed by atoms with Crippen molar-refractivity contribution in [3.63, 3.8) is 0 Å². The Morgan fingerprint density at radius 3 is 2.68 bits per heavy atom. The van der Waals surface area contributed by atoms with Crippen molar-refractivity contribution < 1.29 is 27.5 Å². The maximum Gasteiger partial charge on any atom is 0.419 e. The van der Waals surface area contributed by atoms with Crippen LogP contribution in [-0.2, 0) is 12.6 Å². The molecule has 1 aromatic heterocycles. The van der Waals surface area contributed by atoms with Gasteiger partial charge in [0.2, 0.25) is 0 Å². The van der Waals surface area contributed by atoms with Crippen molar-refractivity contribution in [1.82, 2.24) is 4.98 Å². The van der Waals surface area contributed by atoms with Gasteiger partial charge in [-0.2, -0.15) is 13.2 Å². The number of aliphatic hydroxyl groups excluding tert-OH is 1. The van der Waals surface area contributed by atoms with E-state index >= 15 is 0 Å². The molecule has 0 atom stereocenters. The average Bonchev–Trinajstić information content (AvgIpc) is 2.85. The summed E-state index contributed by atoms with van der Waals surface area (Å²) in [5, 5.41) is 11.3. The molecule has 0 bridgehead atoms. The molecule has 0 unspecified atom stereocenters. The molecule has 1 aromatic carbocycles. The second-order valence-corrected chi connectivity index (χ2v) is 5.37. The van der Waals surface area contributed by atoms with Crippen LogP contribution < -0.4 is 5.32 Å². The van der Waals surface area contributed by atoms with E-state index in [9.17, 15) is 22.4 Å². The van der Waals surface area contributed by atoms with Gasteiger partial charge < -0.3 is 5.11 Å². The third-order valence-electron chi connectivity index (χ3n) is 2.67. The molecule has 0 saturated heterocycles. The van der Waals surface area contributed by atoms with E-state index in [-0.39, 0.29) is 17.3 Å². The summed E-state index contributed by atoms with van der Waals surface area (Å²) in [6, 6.07) is 1.94. The minimum Gasteiger partial charge on any atom is -0.396 e. The lowest BCUT2D eigenvalue weighted by Gasteiger charge is -2.09. The lowest BCUT2D eigenvalue weighted by Crippen LogP contribution is -2.14. The Balaban J connectivity index is 2.14. The van der Waals surface area contributed by atoms with Crippen molar-refractivity contribution in [2.24, 2.45) is 0 Å². The molecular weight excluding hydrogens is 324 g/mol. The number of amides is 1. The highest BCUT2D eigenvalue weighted by Gasteiger charge is 2.34. The highest BCUT2D eigenvalue weighted by atomic mass is 32.1. The van der Waals surface area contributed by atoms with Crippen molar-refractivity contribution in [2.75, 3.05) is 11.9 Å². The number of hydrogen-bond donors (Lipinski definition) is 2. The Labute approximate surface area is 126 Å². The number of hydrogen-bond acceptors (Lipinski definition) is 4. The van der Waals surface area contributed by atoms with Crippen molar-refractivity contribution in [3.05, 3.63) is 46.2 Å². The maximum atomic E-state index is 13.4. The smallest absolute Gasteiger partial charge is 0.396 e. The summed E-state index contributed by atoms with van der Waals surface area (Å²) >= 11 is 1.12. The fourth-order valence-corrected chi connectivity index (χ4v) is 2.44. The number of aromatic nitrogens is 1. The van der Waals surface area contributed by atoms with Crippen LogP contribution >= 0.6 is 11.3 Å². The van der Waals surface area contributed by atoms with Gasteiger partial charge in [-0.1, -0.05) is 0 Å². The summed E-state index contributed by atoms with van der Waals surface area (Å²) in [5.74, 6) is -2.28. The highest BCUT2D eigenvalue weighted by molar-refractivity contribution is 7.15. The van der Waals surface area contributed by atoms with Crippen LogP contribution in [0.3, 0.4) is 0 Å². The van der Waals surface area contributed by atoms with E-state index in [1.165, 1.54) is 6.20 Å². The number of nitrogens with zero attached hydrogens (tertiary/aromatic N) is 1. The second kappa shape index (κ2) is 6.41. The maximum absolute atomic E-state index is 13.4. The fraction of sp³-hybridized carbons (Fsp3) is 0.231. The van der Waals surface area contributed by atoms with E-state index < -0.39 is 23.5 Å². The first-order chi connectivity index (χ1) is 10.3. The van der Waals surface area contributed by atoms with Crippen molar-refractivity contribution in [3.8, 4) is 0 Å². The standard InChI is InChI=1S/C13H10F4N2O2S/c14-10-5-7(1-2-9(10)13(15,16)17)11(21)19-12-18-6-8(22-12)3-4-20/h1-2,5-6,20H,3-4H2,(H,18,19,21). The van der Waals surface area contributed by atoms with Gasteiger partial charge in [0, 0.05) is 29.7 Å². The van der Waals surface area contributed by atoms with E-state index in [1.54, 1.807) is 0 Å². The predicted molar refractivity (Wildman–Crippen MR) is 72.3 cm³/mol. The van der Waals surface area contributed by atoms with E-state index in [2.05, 4.69) is 10.3 Å². The van der Waals surface area contributed by atoms with Crippen LogP contribution in [0.4, 0.5) is 22.7 Å². The van der Waals surface area contributed by atoms with Gasteiger partial charge in [0.05, 0.1) is 5.56 Å². The summed E-state index contributed by atoms with van der Waals surface area (Å²) in [4.78, 5) is 16.5. The molecule has 1 heterocycles. The van der Waals surface area contributed by atoms with Gasteiger partial charge >= 0.3 is 6.18 Å². The fourth-order valence-electron chi connectivity index (χ4n) is 1.65. The van der Waals surface area contributed by atoms with Crippen LogP contribution in [0, 0.1) is 5.82 Å². The van der Waals surface area contributed by atoms with Crippen LogP contribution in [0.25, 0.3) is 0 Å². The first kappa shape index (κ1) is 16.4. The second-order valence-electron chi connectivity index (χ2n) is 4.25. The van der Waals surface area contributed by atoms with E-state index in [0.29, 0.717) is 18.6 Å². The lowest BCUT2D eigenvalue weighted by atomic mass is 10.1. The predicted octanol–water partition coefficient (Wildman–Crippen LogP) is 3.09. The van der Waals surface area contributed by atoms with Gasteiger partial charge in [0.15, 0.2) is 5.13 Å². The number of carbonyl (C=O) groups excluding carboxylic acids is 1. The van der Waals surface area contributed by atoms with E-state index in [1.807, 2.05) is 0 Å². The first-order valence-electron chi connectivity index (χ1n) is 6.05. The van der Waals surface area contributed by atoms with Crippen LogP contribution in [0.15, 0.2) is 24.4 Å². The molecule has 0 fully saturated rings. The Kier molecular flexibility index (Phi) is 4.77. The Hall–Kier alpha value is -2.00. The molecule has 2 rings (SSSR count). The zero-order chi connectivity index (χ0) is 16.3. The minimum atomic E-state index is -4.81. The first-order valence-corrected chi connectivity index (χ1v) is 6.86. The molecule has 0 saturated carbocycles. The molecule has 22 heavy (non-hydrogen) atoms. The zero-order valence-corrected chi connectivity index (χ0v) is 11.8. The number of alkyl halides is 3. The Bertz CT molecular complexity index is 685. The molecule has 0 radical (unpaired) electrons. The largest absolute Gasteiger partial charge is 0.419 e. The Morgan fingerprint density at radius 2 is 2.09 bits per heavy atom.